The zero-order valence-corrected chi connectivity index (χ0v) is 12.3. The number of hydrogen-bond donors (Lipinski definition) is 3. The lowest BCUT2D eigenvalue weighted by atomic mass is 10.1. The monoisotopic (exact) mass is 317 g/mol. The van der Waals surface area contributed by atoms with Crippen molar-refractivity contribution in [3.05, 3.63) is 10.8 Å². The fourth-order valence-electron chi connectivity index (χ4n) is 1.26. The number of nitrogen functional groups attached to an aromatic ring is 1. The molecule has 0 saturated heterocycles. The summed E-state index contributed by atoms with van der Waals surface area (Å²) >= 11 is 3.37. The van der Waals surface area contributed by atoms with E-state index in [4.69, 9.17) is 10.6 Å². The summed E-state index contributed by atoms with van der Waals surface area (Å²) < 4.78 is 6.22. The number of nitrogens with one attached hydrogen (secondary N) is 2. The number of ether oxygens (including phenoxy) is 1. The van der Waals surface area contributed by atoms with Crippen molar-refractivity contribution in [3.63, 3.8) is 0 Å². The maximum atomic E-state index is 5.50. The van der Waals surface area contributed by atoms with Crippen molar-refractivity contribution in [2.75, 3.05) is 30.5 Å². The third-order valence-corrected chi connectivity index (χ3v) is 3.06. The lowest BCUT2D eigenvalue weighted by molar-refractivity contribution is 0.132. The van der Waals surface area contributed by atoms with Crippen LogP contribution in [-0.2, 0) is 4.74 Å². The van der Waals surface area contributed by atoms with Gasteiger partial charge in [0.05, 0.1) is 6.61 Å². The minimum absolute atomic E-state index is 0.549. The third-order valence-electron chi connectivity index (χ3n) is 2.30. The second kappa shape index (κ2) is 8.23. The Morgan fingerprint density at radius 2 is 2.06 bits per heavy atom. The summed E-state index contributed by atoms with van der Waals surface area (Å²) in [6.45, 7) is 6.49. The normalized spacial score (nSPS) is 10.7. The second-order valence-electron chi connectivity index (χ2n) is 4.25. The van der Waals surface area contributed by atoms with E-state index in [1.807, 2.05) is 0 Å². The molecule has 0 aliphatic carbocycles. The summed E-state index contributed by atoms with van der Waals surface area (Å²) in [5.74, 6) is 7.24. The number of hydrogen-bond acceptors (Lipinski definition) is 6. The highest BCUT2D eigenvalue weighted by atomic mass is 79.9. The van der Waals surface area contributed by atoms with Crippen molar-refractivity contribution in [1.82, 2.24) is 9.97 Å². The van der Waals surface area contributed by atoms with Gasteiger partial charge in [-0.1, -0.05) is 13.8 Å². The Labute approximate surface area is 116 Å². The molecule has 0 amide bonds. The summed E-state index contributed by atoms with van der Waals surface area (Å²) in [4.78, 5) is 8.08. The van der Waals surface area contributed by atoms with E-state index < -0.39 is 0 Å². The molecule has 0 radical (unpaired) electrons. The van der Waals surface area contributed by atoms with Crippen LogP contribution in [-0.4, -0.2) is 29.7 Å². The molecule has 7 heteroatoms. The molecule has 1 heterocycles. The van der Waals surface area contributed by atoms with E-state index in [-0.39, 0.29) is 0 Å². The zero-order chi connectivity index (χ0) is 13.4. The van der Waals surface area contributed by atoms with Crippen LogP contribution in [0.2, 0.25) is 0 Å². The van der Waals surface area contributed by atoms with Gasteiger partial charge in [-0.15, -0.1) is 0 Å². The van der Waals surface area contributed by atoms with Crippen LogP contribution in [0.15, 0.2) is 10.8 Å². The molecule has 18 heavy (non-hydrogen) atoms. The molecule has 1 aromatic rings. The quantitative estimate of drug-likeness (QED) is 0.386. The van der Waals surface area contributed by atoms with Crippen LogP contribution in [0.5, 0.6) is 0 Å². The topological polar surface area (TPSA) is 85.1 Å². The summed E-state index contributed by atoms with van der Waals surface area (Å²) in [7, 11) is 0. The van der Waals surface area contributed by atoms with Crippen molar-refractivity contribution < 1.29 is 4.74 Å². The highest BCUT2D eigenvalue weighted by molar-refractivity contribution is 9.10. The lowest BCUT2D eigenvalue weighted by Crippen LogP contribution is -2.14. The highest BCUT2D eigenvalue weighted by Gasteiger charge is 2.06. The first-order valence-corrected chi connectivity index (χ1v) is 6.73. The molecule has 0 spiro atoms. The van der Waals surface area contributed by atoms with Gasteiger partial charge in [0.25, 0.3) is 0 Å². The molecule has 0 bridgehead atoms. The van der Waals surface area contributed by atoms with Gasteiger partial charge < -0.3 is 15.5 Å². The third kappa shape index (κ3) is 5.16. The number of aromatic nitrogens is 2. The largest absolute Gasteiger partial charge is 0.380 e. The van der Waals surface area contributed by atoms with Crippen LogP contribution in [0, 0.1) is 5.92 Å². The van der Waals surface area contributed by atoms with Crippen LogP contribution in [0.1, 0.15) is 20.3 Å². The van der Waals surface area contributed by atoms with Crippen molar-refractivity contribution in [2.24, 2.45) is 11.8 Å². The number of nitrogens with zero attached hydrogens (tertiary/aromatic N) is 2. The van der Waals surface area contributed by atoms with Gasteiger partial charge in [0.2, 0.25) is 0 Å². The van der Waals surface area contributed by atoms with Crippen molar-refractivity contribution in [2.45, 2.75) is 20.3 Å². The molecule has 1 aromatic heterocycles. The summed E-state index contributed by atoms with van der Waals surface area (Å²) in [5.41, 5.74) is 2.49. The average Bonchev–Trinajstić information content (AvgIpc) is 2.35. The molecule has 6 nitrogen and oxygen atoms in total. The molecule has 0 aliphatic heterocycles. The predicted molar refractivity (Wildman–Crippen MR) is 76.3 cm³/mol. The van der Waals surface area contributed by atoms with E-state index in [1.165, 1.54) is 6.33 Å². The smallest absolute Gasteiger partial charge is 0.159 e. The average molecular weight is 318 g/mol. The molecule has 4 N–H and O–H groups in total. The summed E-state index contributed by atoms with van der Waals surface area (Å²) in [6.07, 6.45) is 2.53. The molecular weight excluding hydrogens is 298 g/mol. The first-order chi connectivity index (χ1) is 8.65. The van der Waals surface area contributed by atoms with Gasteiger partial charge >= 0.3 is 0 Å². The van der Waals surface area contributed by atoms with Crippen LogP contribution in [0.25, 0.3) is 0 Å². The Bertz CT molecular complexity index is 361. The maximum absolute atomic E-state index is 5.50. The number of hydrazine groups is 1. The molecule has 102 valence electrons. The minimum Gasteiger partial charge on any atom is -0.380 e. The van der Waals surface area contributed by atoms with Gasteiger partial charge in [-0.3, -0.25) is 0 Å². The summed E-state index contributed by atoms with van der Waals surface area (Å²) in [6, 6.07) is 0. The maximum Gasteiger partial charge on any atom is 0.159 e. The first kappa shape index (κ1) is 15.1. The molecule has 0 saturated carbocycles. The van der Waals surface area contributed by atoms with Gasteiger partial charge in [0, 0.05) is 13.2 Å². The standard InChI is InChI=1S/C11H20BrN5O/c1-8(2)3-5-18-6-4-14-10-9(12)11(17-13)16-7-15-10/h7-8H,3-6,13H2,1-2H3,(H2,14,15,16,17). The molecular formula is C11H20BrN5O. The van der Waals surface area contributed by atoms with Crippen molar-refractivity contribution >= 4 is 27.6 Å². The van der Waals surface area contributed by atoms with Crippen molar-refractivity contribution in [3.8, 4) is 0 Å². The van der Waals surface area contributed by atoms with Gasteiger partial charge in [-0.25, -0.2) is 15.8 Å². The van der Waals surface area contributed by atoms with E-state index in [9.17, 15) is 0 Å². The van der Waals surface area contributed by atoms with E-state index >= 15 is 0 Å². The molecule has 0 aromatic carbocycles. The van der Waals surface area contributed by atoms with Gasteiger partial charge in [0.1, 0.15) is 16.6 Å². The van der Waals surface area contributed by atoms with Crippen LogP contribution in [0.3, 0.4) is 0 Å². The van der Waals surface area contributed by atoms with Crippen LogP contribution in [0.4, 0.5) is 11.6 Å². The molecule has 0 atom stereocenters. The Kier molecular flexibility index (Phi) is 6.92. The Morgan fingerprint density at radius 1 is 1.33 bits per heavy atom. The van der Waals surface area contributed by atoms with Gasteiger partial charge in [-0.2, -0.15) is 0 Å². The van der Waals surface area contributed by atoms with E-state index in [0.29, 0.717) is 30.7 Å². The SMILES string of the molecule is CC(C)CCOCCNc1ncnc(NN)c1Br. The fourth-order valence-corrected chi connectivity index (χ4v) is 1.72. The predicted octanol–water partition coefficient (Wildman–Crippen LogP) is 2.00. The number of halogens is 1. The van der Waals surface area contributed by atoms with Crippen LogP contribution >= 0.6 is 15.9 Å². The Hall–Kier alpha value is -0.920. The lowest BCUT2D eigenvalue weighted by Gasteiger charge is -2.10. The highest BCUT2D eigenvalue weighted by Crippen LogP contribution is 2.25. The van der Waals surface area contributed by atoms with E-state index in [1.54, 1.807) is 0 Å². The first-order valence-electron chi connectivity index (χ1n) is 5.94. The molecule has 1 rings (SSSR count). The molecule has 0 fully saturated rings. The van der Waals surface area contributed by atoms with E-state index in [2.05, 4.69) is 50.5 Å². The second-order valence-corrected chi connectivity index (χ2v) is 5.04. The van der Waals surface area contributed by atoms with Crippen LogP contribution < -0.4 is 16.6 Å². The van der Waals surface area contributed by atoms with E-state index in [0.717, 1.165) is 17.5 Å². The van der Waals surface area contributed by atoms with Gasteiger partial charge in [-0.05, 0) is 28.3 Å². The van der Waals surface area contributed by atoms with Gasteiger partial charge in [0.15, 0.2) is 5.82 Å². The fraction of sp³-hybridized carbons (Fsp3) is 0.636. The Balaban J connectivity index is 2.27. The van der Waals surface area contributed by atoms with Crippen molar-refractivity contribution in [1.29, 1.82) is 0 Å². The zero-order valence-electron chi connectivity index (χ0n) is 10.7. The number of rotatable bonds is 8. The molecule has 0 aliphatic rings. The minimum atomic E-state index is 0.549. The number of anilines is 2. The number of nitrogens with two attached hydrogens (primary N) is 1. The molecule has 0 unspecified atom stereocenters. The summed E-state index contributed by atoms with van der Waals surface area (Å²) in [5, 5.41) is 3.16. The Morgan fingerprint density at radius 3 is 2.72 bits per heavy atom.